The lowest BCUT2D eigenvalue weighted by Gasteiger charge is -2.28. The molecule has 0 aliphatic heterocycles. The van der Waals surface area contributed by atoms with Gasteiger partial charge < -0.3 is 9.84 Å². The molecule has 0 fully saturated rings. The Morgan fingerprint density at radius 3 is 2.56 bits per heavy atom. The number of hydrogen-bond acceptors (Lipinski definition) is 2. The Hall–Kier alpha value is -1.87. The van der Waals surface area contributed by atoms with E-state index in [1.54, 1.807) is 13.2 Å². The van der Waals surface area contributed by atoms with Crippen LogP contribution in [0.15, 0.2) is 54.1 Å². The summed E-state index contributed by atoms with van der Waals surface area (Å²) in [5, 5.41) is 9.34. The van der Waals surface area contributed by atoms with Gasteiger partial charge in [-0.05, 0) is 18.6 Å². The molecule has 0 aromatic heterocycles. The molecule has 1 aromatic carbocycles. The summed E-state index contributed by atoms with van der Waals surface area (Å²) in [5.41, 5.74) is 0.688. The fourth-order valence-electron chi connectivity index (χ4n) is 2.11. The molecule has 3 heteroatoms. The van der Waals surface area contributed by atoms with Crippen molar-refractivity contribution in [1.29, 1.82) is 0 Å². The van der Waals surface area contributed by atoms with Crippen LogP contribution >= 0.6 is 0 Å². The van der Waals surface area contributed by atoms with Gasteiger partial charge in [-0.2, -0.15) is 0 Å². The molecular weight excluding hydrogens is 228 g/mol. The SMILES string of the molecule is COC1(C)C=CC(c2ccccc2)C(C(=O)O)=C1. The van der Waals surface area contributed by atoms with Gasteiger partial charge in [-0.1, -0.05) is 42.5 Å². The summed E-state index contributed by atoms with van der Waals surface area (Å²) in [5.74, 6) is -1.12. The molecule has 0 radical (unpaired) electrons. The maximum atomic E-state index is 11.4. The highest BCUT2D eigenvalue weighted by molar-refractivity contribution is 5.90. The second-order valence-electron chi connectivity index (χ2n) is 4.54. The third-order valence-electron chi connectivity index (χ3n) is 3.24. The Morgan fingerprint density at radius 2 is 2.00 bits per heavy atom. The smallest absolute Gasteiger partial charge is 0.332 e. The van der Waals surface area contributed by atoms with Crippen molar-refractivity contribution >= 4 is 5.97 Å². The van der Waals surface area contributed by atoms with Crippen molar-refractivity contribution < 1.29 is 14.6 Å². The van der Waals surface area contributed by atoms with Crippen LogP contribution in [0.2, 0.25) is 0 Å². The Labute approximate surface area is 106 Å². The molecule has 1 aliphatic rings. The zero-order valence-electron chi connectivity index (χ0n) is 10.5. The summed E-state index contributed by atoms with van der Waals surface area (Å²) in [4.78, 5) is 11.4. The van der Waals surface area contributed by atoms with E-state index in [0.717, 1.165) is 5.56 Å². The number of allylic oxidation sites excluding steroid dienone is 1. The summed E-state index contributed by atoms with van der Waals surface area (Å²) >= 11 is 0. The summed E-state index contributed by atoms with van der Waals surface area (Å²) in [6.45, 7) is 1.84. The fourth-order valence-corrected chi connectivity index (χ4v) is 2.11. The second kappa shape index (κ2) is 4.78. The van der Waals surface area contributed by atoms with Crippen LogP contribution in [-0.4, -0.2) is 23.8 Å². The Balaban J connectivity index is 2.42. The minimum absolute atomic E-state index is 0.216. The van der Waals surface area contributed by atoms with E-state index in [0.29, 0.717) is 5.57 Å². The predicted octanol–water partition coefficient (Wildman–Crippen LogP) is 2.76. The maximum Gasteiger partial charge on any atom is 0.332 e. The van der Waals surface area contributed by atoms with Crippen LogP contribution in [-0.2, 0) is 9.53 Å². The molecule has 0 heterocycles. The van der Waals surface area contributed by atoms with Gasteiger partial charge in [0.15, 0.2) is 0 Å². The van der Waals surface area contributed by atoms with E-state index in [-0.39, 0.29) is 5.92 Å². The average molecular weight is 244 g/mol. The standard InChI is InChI=1S/C15H16O3/c1-15(18-2)9-8-12(13(10-15)14(16)17)11-6-4-3-5-7-11/h3-10,12H,1-2H3,(H,16,17). The third kappa shape index (κ3) is 2.36. The normalized spacial score (nSPS) is 26.8. The number of aliphatic carboxylic acids is 1. The number of carboxylic acid groups (broad SMARTS) is 1. The van der Waals surface area contributed by atoms with Crippen molar-refractivity contribution in [3.8, 4) is 0 Å². The third-order valence-corrected chi connectivity index (χ3v) is 3.24. The number of benzene rings is 1. The fraction of sp³-hybridized carbons (Fsp3) is 0.267. The van der Waals surface area contributed by atoms with Crippen LogP contribution < -0.4 is 0 Å². The molecule has 2 rings (SSSR count). The molecule has 3 nitrogen and oxygen atoms in total. The zero-order valence-corrected chi connectivity index (χ0v) is 10.5. The molecule has 18 heavy (non-hydrogen) atoms. The number of carbonyl (C=O) groups is 1. The molecule has 2 unspecified atom stereocenters. The van der Waals surface area contributed by atoms with Crippen molar-refractivity contribution in [2.24, 2.45) is 0 Å². The van der Waals surface area contributed by atoms with Crippen molar-refractivity contribution in [3.05, 3.63) is 59.7 Å². The van der Waals surface area contributed by atoms with Crippen LogP contribution in [0.3, 0.4) is 0 Å². The van der Waals surface area contributed by atoms with Crippen LogP contribution in [0.5, 0.6) is 0 Å². The van der Waals surface area contributed by atoms with Gasteiger partial charge >= 0.3 is 5.97 Å². The molecule has 0 spiro atoms. The topological polar surface area (TPSA) is 46.5 Å². The average Bonchev–Trinajstić information content (AvgIpc) is 2.39. The van der Waals surface area contributed by atoms with Gasteiger partial charge in [0.25, 0.3) is 0 Å². The lowest BCUT2D eigenvalue weighted by Crippen LogP contribution is -2.28. The summed E-state index contributed by atoms with van der Waals surface area (Å²) in [6, 6.07) is 9.60. The Kier molecular flexibility index (Phi) is 3.34. The molecule has 1 N–H and O–H groups in total. The largest absolute Gasteiger partial charge is 0.478 e. The molecule has 0 saturated heterocycles. The number of ether oxygens (including phenoxy) is 1. The number of rotatable bonds is 3. The van der Waals surface area contributed by atoms with Gasteiger partial charge in [0.1, 0.15) is 5.60 Å². The van der Waals surface area contributed by atoms with Crippen LogP contribution in [0.25, 0.3) is 0 Å². The van der Waals surface area contributed by atoms with Crippen molar-refractivity contribution in [1.82, 2.24) is 0 Å². The predicted molar refractivity (Wildman–Crippen MR) is 69.5 cm³/mol. The van der Waals surface area contributed by atoms with Crippen LogP contribution in [0.1, 0.15) is 18.4 Å². The Bertz CT molecular complexity index is 502. The molecule has 94 valence electrons. The highest BCUT2D eigenvalue weighted by atomic mass is 16.5. The van der Waals surface area contributed by atoms with Crippen LogP contribution in [0, 0.1) is 0 Å². The first-order chi connectivity index (χ1) is 8.56. The summed E-state index contributed by atoms with van der Waals surface area (Å²) in [7, 11) is 1.57. The van der Waals surface area contributed by atoms with Crippen LogP contribution in [0.4, 0.5) is 0 Å². The second-order valence-corrected chi connectivity index (χ2v) is 4.54. The molecule has 1 aromatic rings. The van der Waals surface area contributed by atoms with E-state index < -0.39 is 11.6 Å². The molecule has 0 amide bonds. The molecule has 2 atom stereocenters. The minimum Gasteiger partial charge on any atom is -0.478 e. The zero-order chi connectivity index (χ0) is 13.2. The quantitative estimate of drug-likeness (QED) is 0.832. The number of methoxy groups -OCH3 is 1. The first-order valence-corrected chi connectivity index (χ1v) is 5.81. The number of carboxylic acids is 1. The van der Waals surface area contributed by atoms with Gasteiger partial charge in [0.2, 0.25) is 0 Å². The van der Waals surface area contributed by atoms with E-state index in [4.69, 9.17) is 4.74 Å². The van der Waals surface area contributed by atoms with Gasteiger partial charge in [-0.25, -0.2) is 4.79 Å². The number of hydrogen-bond donors (Lipinski definition) is 1. The van der Waals surface area contributed by atoms with Gasteiger partial charge in [0.05, 0.1) is 0 Å². The van der Waals surface area contributed by atoms with Crippen molar-refractivity contribution in [3.63, 3.8) is 0 Å². The van der Waals surface area contributed by atoms with E-state index >= 15 is 0 Å². The lowest BCUT2D eigenvalue weighted by molar-refractivity contribution is -0.133. The lowest BCUT2D eigenvalue weighted by atomic mass is 9.82. The van der Waals surface area contributed by atoms with E-state index in [9.17, 15) is 9.90 Å². The molecule has 0 saturated carbocycles. The maximum absolute atomic E-state index is 11.4. The van der Waals surface area contributed by atoms with Gasteiger partial charge in [0, 0.05) is 18.6 Å². The van der Waals surface area contributed by atoms with E-state index in [1.807, 2.05) is 49.4 Å². The molecule has 0 bridgehead atoms. The Morgan fingerprint density at radius 1 is 1.33 bits per heavy atom. The monoisotopic (exact) mass is 244 g/mol. The molecular formula is C15H16O3. The van der Waals surface area contributed by atoms with Gasteiger partial charge in [-0.15, -0.1) is 0 Å². The van der Waals surface area contributed by atoms with E-state index in [2.05, 4.69) is 0 Å². The highest BCUT2D eigenvalue weighted by Crippen LogP contribution is 2.34. The first-order valence-electron chi connectivity index (χ1n) is 5.81. The van der Waals surface area contributed by atoms with Crippen molar-refractivity contribution in [2.75, 3.05) is 7.11 Å². The van der Waals surface area contributed by atoms with E-state index in [1.165, 1.54) is 0 Å². The van der Waals surface area contributed by atoms with Gasteiger partial charge in [-0.3, -0.25) is 0 Å². The van der Waals surface area contributed by atoms with Crippen molar-refractivity contribution in [2.45, 2.75) is 18.4 Å². The summed E-state index contributed by atoms with van der Waals surface area (Å²) < 4.78 is 5.32. The summed E-state index contributed by atoms with van der Waals surface area (Å²) in [6.07, 6.45) is 5.46. The first kappa shape index (κ1) is 12.6. The molecule has 1 aliphatic carbocycles. The minimum atomic E-state index is -0.906. The highest BCUT2D eigenvalue weighted by Gasteiger charge is 2.30.